The van der Waals surface area contributed by atoms with Gasteiger partial charge in [0.15, 0.2) is 0 Å². The molecule has 1 amide bonds. The van der Waals surface area contributed by atoms with Gasteiger partial charge in [-0.25, -0.2) is 0 Å². The van der Waals surface area contributed by atoms with E-state index in [4.69, 9.17) is 4.74 Å². The van der Waals surface area contributed by atoms with E-state index in [2.05, 4.69) is 4.98 Å². The average molecular weight is 306 g/mol. The van der Waals surface area contributed by atoms with Crippen molar-refractivity contribution in [3.63, 3.8) is 0 Å². The second-order valence-corrected chi connectivity index (χ2v) is 7.83. The molecule has 3 heterocycles. The largest absolute Gasteiger partial charge is 0.373 e. The topological polar surface area (TPSA) is 42.4 Å². The van der Waals surface area contributed by atoms with Gasteiger partial charge in [0.2, 0.25) is 5.91 Å². The third-order valence-corrected chi connectivity index (χ3v) is 5.72. The van der Waals surface area contributed by atoms with E-state index in [0.717, 1.165) is 30.8 Å². The van der Waals surface area contributed by atoms with E-state index in [-0.39, 0.29) is 16.6 Å². The number of thioether (sulfide) groups is 1. The predicted molar refractivity (Wildman–Crippen MR) is 84.0 cm³/mol. The normalized spacial score (nSPS) is 23.6. The number of aromatic nitrogens is 1. The Labute approximate surface area is 130 Å². The molecule has 0 unspecified atom stereocenters. The standard InChI is InChI=1S/C16H22N2O2S/c1-12(2)15(19)18-10-16(11-18)6-14(9-21-16)20-8-13-4-3-5-17-7-13/h3-5,7,12,14H,6,8-11H2,1-2H3/t14-/m1/s1. The first kappa shape index (κ1) is 14.9. The van der Waals surface area contributed by atoms with Gasteiger partial charge in [0.25, 0.3) is 0 Å². The third kappa shape index (κ3) is 3.24. The number of nitrogens with zero attached hydrogens (tertiary/aromatic N) is 2. The van der Waals surface area contributed by atoms with Crippen molar-refractivity contribution in [3.8, 4) is 0 Å². The Bertz CT molecular complexity index is 500. The quantitative estimate of drug-likeness (QED) is 0.856. The fourth-order valence-corrected chi connectivity index (χ4v) is 4.55. The first-order valence-electron chi connectivity index (χ1n) is 7.51. The molecule has 1 aromatic rings. The predicted octanol–water partition coefficient (Wildman–Crippen LogP) is 2.34. The van der Waals surface area contributed by atoms with Crippen molar-refractivity contribution in [3.05, 3.63) is 30.1 Å². The van der Waals surface area contributed by atoms with E-state index in [1.807, 2.05) is 48.8 Å². The zero-order chi connectivity index (χ0) is 14.9. The van der Waals surface area contributed by atoms with Gasteiger partial charge in [0, 0.05) is 37.2 Å². The van der Waals surface area contributed by atoms with E-state index in [0.29, 0.717) is 12.7 Å². The van der Waals surface area contributed by atoms with Gasteiger partial charge in [0.05, 0.1) is 17.5 Å². The Hall–Kier alpha value is -1.07. The lowest BCUT2D eigenvalue weighted by Crippen LogP contribution is -2.61. The van der Waals surface area contributed by atoms with Crippen LogP contribution in [-0.4, -0.2) is 45.5 Å². The highest BCUT2D eigenvalue weighted by Gasteiger charge is 2.51. The van der Waals surface area contributed by atoms with Crippen molar-refractivity contribution in [2.24, 2.45) is 5.92 Å². The molecule has 0 aromatic carbocycles. The Morgan fingerprint density at radius 1 is 1.57 bits per heavy atom. The van der Waals surface area contributed by atoms with Gasteiger partial charge >= 0.3 is 0 Å². The zero-order valence-electron chi connectivity index (χ0n) is 12.6. The van der Waals surface area contributed by atoms with E-state index in [1.54, 1.807) is 6.20 Å². The number of hydrogen-bond donors (Lipinski definition) is 0. The summed E-state index contributed by atoms with van der Waals surface area (Å²) >= 11 is 1.97. The lowest BCUT2D eigenvalue weighted by Gasteiger charge is -2.48. The molecule has 0 radical (unpaired) electrons. The first-order valence-corrected chi connectivity index (χ1v) is 8.50. The number of amides is 1. The maximum Gasteiger partial charge on any atom is 0.225 e. The summed E-state index contributed by atoms with van der Waals surface area (Å²) in [6.45, 7) is 6.34. The van der Waals surface area contributed by atoms with Crippen molar-refractivity contribution in [2.75, 3.05) is 18.8 Å². The average Bonchev–Trinajstić information content (AvgIpc) is 2.88. The van der Waals surface area contributed by atoms with Gasteiger partial charge in [-0.2, -0.15) is 0 Å². The lowest BCUT2D eigenvalue weighted by molar-refractivity contribution is -0.140. The van der Waals surface area contributed by atoms with Crippen LogP contribution in [0.2, 0.25) is 0 Å². The third-order valence-electron chi connectivity index (χ3n) is 4.15. The van der Waals surface area contributed by atoms with Gasteiger partial charge in [-0.15, -0.1) is 11.8 Å². The Kier molecular flexibility index (Phi) is 4.22. The number of likely N-dealkylation sites (tertiary alicyclic amines) is 1. The van der Waals surface area contributed by atoms with Gasteiger partial charge in [-0.3, -0.25) is 9.78 Å². The van der Waals surface area contributed by atoms with Gasteiger partial charge in [0.1, 0.15) is 0 Å². The fraction of sp³-hybridized carbons (Fsp3) is 0.625. The van der Waals surface area contributed by atoms with Crippen LogP contribution in [0.4, 0.5) is 0 Å². The van der Waals surface area contributed by atoms with Crippen LogP contribution in [0.15, 0.2) is 24.5 Å². The Balaban J connectivity index is 1.46. The summed E-state index contributed by atoms with van der Waals surface area (Å²) in [4.78, 5) is 18.0. The molecule has 5 heteroatoms. The minimum Gasteiger partial charge on any atom is -0.373 e. The number of carbonyl (C=O) groups is 1. The molecule has 1 atom stereocenters. The van der Waals surface area contributed by atoms with Gasteiger partial charge in [-0.05, 0) is 18.1 Å². The molecule has 0 saturated carbocycles. The highest BCUT2D eigenvalue weighted by molar-refractivity contribution is 8.01. The summed E-state index contributed by atoms with van der Waals surface area (Å²) in [6.07, 6.45) is 4.98. The molecule has 0 N–H and O–H groups in total. The van der Waals surface area contributed by atoms with Gasteiger partial charge < -0.3 is 9.64 Å². The highest BCUT2D eigenvalue weighted by atomic mass is 32.2. The number of rotatable bonds is 4. The second kappa shape index (κ2) is 5.97. The number of carbonyl (C=O) groups excluding carboxylic acids is 1. The van der Waals surface area contributed by atoms with Crippen molar-refractivity contribution in [1.29, 1.82) is 0 Å². The zero-order valence-corrected chi connectivity index (χ0v) is 13.4. The molecule has 114 valence electrons. The molecule has 1 spiro atoms. The minimum absolute atomic E-state index is 0.103. The molecule has 2 aliphatic rings. The van der Waals surface area contributed by atoms with Gasteiger partial charge in [-0.1, -0.05) is 19.9 Å². The molecule has 4 nitrogen and oxygen atoms in total. The summed E-state index contributed by atoms with van der Waals surface area (Å²) in [5.74, 6) is 1.41. The smallest absolute Gasteiger partial charge is 0.225 e. The van der Waals surface area contributed by atoms with Crippen LogP contribution in [0.1, 0.15) is 25.8 Å². The Morgan fingerprint density at radius 3 is 3.05 bits per heavy atom. The number of ether oxygens (including phenoxy) is 1. The van der Waals surface area contributed by atoms with Crippen molar-refractivity contribution in [2.45, 2.75) is 37.7 Å². The monoisotopic (exact) mass is 306 g/mol. The van der Waals surface area contributed by atoms with Crippen LogP contribution < -0.4 is 0 Å². The summed E-state index contributed by atoms with van der Waals surface area (Å²) in [5.41, 5.74) is 1.12. The minimum atomic E-state index is 0.103. The molecular weight excluding hydrogens is 284 g/mol. The van der Waals surface area contributed by atoms with E-state index in [1.165, 1.54) is 0 Å². The second-order valence-electron chi connectivity index (χ2n) is 6.34. The van der Waals surface area contributed by atoms with Crippen LogP contribution in [0.3, 0.4) is 0 Å². The van der Waals surface area contributed by atoms with Crippen LogP contribution in [0.25, 0.3) is 0 Å². The molecule has 1 aromatic heterocycles. The van der Waals surface area contributed by atoms with Crippen LogP contribution in [-0.2, 0) is 16.1 Å². The lowest BCUT2D eigenvalue weighted by atomic mass is 9.92. The molecule has 2 aliphatic heterocycles. The summed E-state index contributed by atoms with van der Waals surface area (Å²) in [7, 11) is 0. The molecule has 21 heavy (non-hydrogen) atoms. The molecule has 2 fully saturated rings. The molecule has 2 saturated heterocycles. The maximum atomic E-state index is 11.9. The summed E-state index contributed by atoms with van der Waals surface area (Å²) < 4.78 is 6.25. The van der Waals surface area contributed by atoms with Crippen molar-refractivity contribution < 1.29 is 9.53 Å². The number of hydrogen-bond acceptors (Lipinski definition) is 4. The molecular formula is C16H22N2O2S. The fourth-order valence-electron chi connectivity index (χ4n) is 3.00. The Morgan fingerprint density at radius 2 is 2.38 bits per heavy atom. The molecule has 3 rings (SSSR count). The van der Waals surface area contributed by atoms with E-state index < -0.39 is 0 Å². The van der Waals surface area contributed by atoms with Crippen LogP contribution in [0.5, 0.6) is 0 Å². The summed E-state index contributed by atoms with van der Waals surface area (Å²) in [5, 5.41) is 0. The summed E-state index contributed by atoms with van der Waals surface area (Å²) in [6, 6.07) is 3.97. The van der Waals surface area contributed by atoms with Crippen LogP contribution in [0, 0.1) is 5.92 Å². The van der Waals surface area contributed by atoms with Crippen molar-refractivity contribution >= 4 is 17.7 Å². The van der Waals surface area contributed by atoms with Crippen molar-refractivity contribution in [1.82, 2.24) is 9.88 Å². The van der Waals surface area contributed by atoms with E-state index >= 15 is 0 Å². The maximum absolute atomic E-state index is 11.9. The van der Waals surface area contributed by atoms with Crippen LogP contribution >= 0.6 is 11.8 Å². The van der Waals surface area contributed by atoms with E-state index in [9.17, 15) is 4.79 Å². The first-order chi connectivity index (χ1) is 10.1. The number of pyridine rings is 1. The highest BCUT2D eigenvalue weighted by Crippen LogP contribution is 2.46. The SMILES string of the molecule is CC(C)C(=O)N1CC2(C[C@@H](OCc3cccnc3)CS2)C1. The molecule has 0 bridgehead atoms. The molecule has 0 aliphatic carbocycles.